The minimum Gasteiger partial charge on any atom is -0.389 e. The van der Waals surface area contributed by atoms with Crippen LogP contribution in [0.3, 0.4) is 0 Å². The smallest absolute Gasteiger partial charge is 0.253 e. The van der Waals surface area contributed by atoms with E-state index in [4.69, 9.17) is 0 Å². The summed E-state index contributed by atoms with van der Waals surface area (Å²) in [6.45, 7) is 6.14. The zero-order valence-corrected chi connectivity index (χ0v) is 12.5. The summed E-state index contributed by atoms with van der Waals surface area (Å²) in [5, 5.41) is 17.4. The Labute approximate surface area is 124 Å². The maximum absolute atomic E-state index is 12.4. The molecule has 0 atom stereocenters. The van der Waals surface area contributed by atoms with E-state index in [-0.39, 0.29) is 5.91 Å². The lowest BCUT2D eigenvalue weighted by Crippen LogP contribution is -2.42. The monoisotopic (exact) mass is 288 g/mol. The van der Waals surface area contributed by atoms with Gasteiger partial charge in [0.05, 0.1) is 5.60 Å². The standard InChI is InChI=1S/C15H20N4O2/c1-4-18(9-15(2,3)21)14(20)12-5-7-13(8-6-12)19-10-16-17-11-19/h5-8,10-11,21H,4,9H2,1-3H3. The lowest BCUT2D eigenvalue weighted by Gasteiger charge is -2.28. The topological polar surface area (TPSA) is 71.2 Å². The van der Waals surface area contributed by atoms with Gasteiger partial charge in [0.15, 0.2) is 0 Å². The van der Waals surface area contributed by atoms with Gasteiger partial charge < -0.3 is 10.0 Å². The fourth-order valence-electron chi connectivity index (χ4n) is 2.09. The molecule has 2 rings (SSSR count). The van der Waals surface area contributed by atoms with Gasteiger partial charge in [-0.3, -0.25) is 9.36 Å². The van der Waals surface area contributed by atoms with Gasteiger partial charge in [-0.15, -0.1) is 10.2 Å². The van der Waals surface area contributed by atoms with Crippen LogP contribution in [0.1, 0.15) is 31.1 Å². The van der Waals surface area contributed by atoms with Gasteiger partial charge in [0, 0.05) is 24.3 Å². The molecule has 2 aromatic rings. The molecular weight excluding hydrogens is 268 g/mol. The summed E-state index contributed by atoms with van der Waals surface area (Å²) in [6, 6.07) is 7.22. The van der Waals surface area contributed by atoms with Crippen molar-refractivity contribution in [1.82, 2.24) is 19.7 Å². The second-order valence-corrected chi connectivity index (χ2v) is 5.55. The van der Waals surface area contributed by atoms with Crippen LogP contribution in [0.5, 0.6) is 0 Å². The van der Waals surface area contributed by atoms with Crippen LogP contribution < -0.4 is 0 Å². The predicted octanol–water partition coefficient (Wildman–Crippen LogP) is 1.50. The van der Waals surface area contributed by atoms with Crippen LogP contribution in [0, 0.1) is 0 Å². The third-order valence-electron chi connectivity index (χ3n) is 3.08. The average Bonchev–Trinajstić information content (AvgIpc) is 2.97. The summed E-state index contributed by atoms with van der Waals surface area (Å²) in [4.78, 5) is 14.1. The molecule has 21 heavy (non-hydrogen) atoms. The molecule has 112 valence electrons. The quantitative estimate of drug-likeness (QED) is 0.905. The van der Waals surface area contributed by atoms with E-state index in [2.05, 4.69) is 10.2 Å². The van der Waals surface area contributed by atoms with Gasteiger partial charge >= 0.3 is 0 Å². The summed E-state index contributed by atoms with van der Waals surface area (Å²) in [5.74, 6) is -0.0880. The summed E-state index contributed by atoms with van der Waals surface area (Å²) in [6.07, 6.45) is 3.20. The number of nitrogens with zero attached hydrogens (tertiary/aromatic N) is 4. The molecular formula is C15H20N4O2. The Morgan fingerprint density at radius 3 is 2.29 bits per heavy atom. The first-order valence-corrected chi connectivity index (χ1v) is 6.87. The highest BCUT2D eigenvalue weighted by atomic mass is 16.3. The van der Waals surface area contributed by atoms with Gasteiger partial charge in [0.25, 0.3) is 5.91 Å². The molecule has 0 aliphatic rings. The van der Waals surface area contributed by atoms with Crippen LogP contribution in [-0.4, -0.2) is 49.4 Å². The number of benzene rings is 1. The fraction of sp³-hybridized carbons (Fsp3) is 0.400. The zero-order chi connectivity index (χ0) is 15.5. The molecule has 0 saturated carbocycles. The number of hydrogen-bond donors (Lipinski definition) is 1. The summed E-state index contributed by atoms with van der Waals surface area (Å²) in [5.41, 5.74) is 0.577. The second-order valence-electron chi connectivity index (χ2n) is 5.55. The Kier molecular flexibility index (Phi) is 4.37. The number of aromatic nitrogens is 3. The number of amides is 1. The lowest BCUT2D eigenvalue weighted by molar-refractivity contribution is 0.0314. The molecule has 1 amide bonds. The Balaban J connectivity index is 2.15. The number of carbonyl (C=O) groups excluding carboxylic acids is 1. The maximum atomic E-state index is 12.4. The molecule has 0 saturated heterocycles. The van der Waals surface area contributed by atoms with Gasteiger partial charge in [-0.25, -0.2) is 0 Å². The van der Waals surface area contributed by atoms with Crippen LogP contribution in [0.25, 0.3) is 5.69 Å². The van der Waals surface area contributed by atoms with Gasteiger partial charge in [-0.05, 0) is 45.0 Å². The second kappa shape index (κ2) is 6.05. The van der Waals surface area contributed by atoms with Crippen molar-refractivity contribution >= 4 is 5.91 Å². The van der Waals surface area contributed by atoms with Gasteiger partial charge in [0.1, 0.15) is 12.7 Å². The van der Waals surface area contributed by atoms with Crippen LogP contribution in [-0.2, 0) is 0 Å². The molecule has 0 unspecified atom stereocenters. The molecule has 0 aliphatic carbocycles. The molecule has 1 aromatic heterocycles. The van der Waals surface area contributed by atoms with E-state index in [0.717, 1.165) is 5.69 Å². The molecule has 6 nitrogen and oxygen atoms in total. The molecule has 6 heteroatoms. The van der Waals surface area contributed by atoms with E-state index in [1.165, 1.54) is 0 Å². The minimum absolute atomic E-state index is 0.0880. The van der Waals surface area contributed by atoms with Gasteiger partial charge in [-0.2, -0.15) is 0 Å². The van der Waals surface area contributed by atoms with E-state index in [1.807, 2.05) is 19.1 Å². The Bertz CT molecular complexity index is 585. The van der Waals surface area contributed by atoms with Crippen LogP contribution in [0.2, 0.25) is 0 Å². The highest BCUT2D eigenvalue weighted by Crippen LogP contribution is 2.13. The normalized spacial score (nSPS) is 11.4. The van der Waals surface area contributed by atoms with E-state index >= 15 is 0 Å². The van der Waals surface area contributed by atoms with Crippen molar-refractivity contribution in [2.24, 2.45) is 0 Å². The lowest BCUT2D eigenvalue weighted by atomic mass is 10.1. The third-order valence-corrected chi connectivity index (χ3v) is 3.08. The van der Waals surface area contributed by atoms with Gasteiger partial charge in [-0.1, -0.05) is 0 Å². The van der Waals surface area contributed by atoms with Crippen LogP contribution >= 0.6 is 0 Å². The molecule has 1 N–H and O–H groups in total. The highest BCUT2D eigenvalue weighted by Gasteiger charge is 2.22. The number of carbonyl (C=O) groups is 1. The van der Waals surface area contributed by atoms with Crippen molar-refractivity contribution in [3.05, 3.63) is 42.5 Å². The molecule has 1 aromatic carbocycles. The number of hydrogen-bond acceptors (Lipinski definition) is 4. The molecule has 0 bridgehead atoms. The van der Waals surface area contributed by atoms with E-state index in [0.29, 0.717) is 18.7 Å². The largest absolute Gasteiger partial charge is 0.389 e. The Morgan fingerprint density at radius 1 is 1.24 bits per heavy atom. The van der Waals surface area contributed by atoms with Crippen molar-refractivity contribution in [2.75, 3.05) is 13.1 Å². The first-order valence-electron chi connectivity index (χ1n) is 6.87. The number of rotatable bonds is 5. The summed E-state index contributed by atoms with van der Waals surface area (Å²) in [7, 11) is 0. The molecule has 0 aliphatic heterocycles. The van der Waals surface area contributed by atoms with Crippen LogP contribution in [0.4, 0.5) is 0 Å². The van der Waals surface area contributed by atoms with Crippen molar-refractivity contribution in [1.29, 1.82) is 0 Å². The summed E-state index contributed by atoms with van der Waals surface area (Å²) >= 11 is 0. The van der Waals surface area contributed by atoms with Crippen molar-refractivity contribution in [3.8, 4) is 5.69 Å². The van der Waals surface area contributed by atoms with E-state index in [1.54, 1.807) is 48.1 Å². The average molecular weight is 288 g/mol. The summed E-state index contributed by atoms with van der Waals surface area (Å²) < 4.78 is 1.77. The van der Waals surface area contributed by atoms with Crippen molar-refractivity contribution < 1.29 is 9.90 Å². The highest BCUT2D eigenvalue weighted by molar-refractivity contribution is 5.94. The molecule has 0 fully saturated rings. The SMILES string of the molecule is CCN(CC(C)(C)O)C(=O)c1ccc(-n2cnnc2)cc1. The molecule has 1 heterocycles. The number of likely N-dealkylation sites (N-methyl/N-ethyl adjacent to an activating group) is 1. The fourth-order valence-corrected chi connectivity index (χ4v) is 2.09. The van der Waals surface area contributed by atoms with Gasteiger partial charge in [0.2, 0.25) is 0 Å². The van der Waals surface area contributed by atoms with Crippen molar-refractivity contribution in [3.63, 3.8) is 0 Å². The Morgan fingerprint density at radius 2 is 1.81 bits per heavy atom. The van der Waals surface area contributed by atoms with E-state index < -0.39 is 5.60 Å². The maximum Gasteiger partial charge on any atom is 0.253 e. The Hall–Kier alpha value is -2.21. The molecule has 0 spiro atoms. The number of aliphatic hydroxyl groups is 1. The van der Waals surface area contributed by atoms with Crippen molar-refractivity contribution in [2.45, 2.75) is 26.4 Å². The zero-order valence-electron chi connectivity index (χ0n) is 12.5. The molecule has 0 radical (unpaired) electrons. The minimum atomic E-state index is -0.909. The third kappa shape index (κ3) is 3.88. The van der Waals surface area contributed by atoms with E-state index in [9.17, 15) is 9.90 Å². The first kappa shape index (κ1) is 15.2. The predicted molar refractivity (Wildman–Crippen MR) is 79.2 cm³/mol. The van der Waals surface area contributed by atoms with Crippen LogP contribution in [0.15, 0.2) is 36.9 Å². The first-order chi connectivity index (χ1) is 9.90.